The molecule has 2 rings (SSSR count). The second-order valence-corrected chi connectivity index (χ2v) is 5.89. The fraction of sp³-hybridized carbons (Fsp3) is 0.500. The van der Waals surface area contributed by atoms with E-state index in [2.05, 4.69) is 12.1 Å². The summed E-state index contributed by atoms with van der Waals surface area (Å²) in [5, 5.41) is 12.1. The average molecular weight is 289 g/mol. The Bertz CT molecular complexity index is 522. The minimum absolute atomic E-state index is 0.0390. The van der Waals surface area contributed by atoms with Gasteiger partial charge >= 0.3 is 0 Å². The summed E-state index contributed by atoms with van der Waals surface area (Å²) in [5.74, 6) is 0.420. The van der Waals surface area contributed by atoms with Crippen molar-refractivity contribution in [1.82, 2.24) is 4.90 Å². The Labute approximate surface area is 125 Å². The predicted molar refractivity (Wildman–Crippen MR) is 81.8 cm³/mol. The van der Waals surface area contributed by atoms with Gasteiger partial charge in [-0.25, -0.2) is 0 Å². The average Bonchev–Trinajstić information content (AvgIpc) is 2.48. The van der Waals surface area contributed by atoms with Gasteiger partial charge in [-0.2, -0.15) is 0 Å². The molecule has 1 amide bonds. The SMILES string of the molecule is CCN(Cc1ccccc1)C(=O)C1(/C(N)=N/O)CC(C)C1. The fourth-order valence-corrected chi connectivity index (χ4v) is 3.15. The number of hydrogen-bond donors (Lipinski definition) is 2. The van der Waals surface area contributed by atoms with E-state index in [-0.39, 0.29) is 11.7 Å². The summed E-state index contributed by atoms with van der Waals surface area (Å²) in [6, 6.07) is 9.86. The minimum atomic E-state index is -0.820. The zero-order chi connectivity index (χ0) is 15.5. The number of nitrogens with two attached hydrogens (primary N) is 1. The van der Waals surface area contributed by atoms with Gasteiger partial charge in [0.15, 0.2) is 5.84 Å². The highest BCUT2D eigenvalue weighted by Crippen LogP contribution is 2.47. The van der Waals surface area contributed by atoms with Crippen LogP contribution in [-0.4, -0.2) is 28.4 Å². The van der Waals surface area contributed by atoms with Crippen LogP contribution in [0.3, 0.4) is 0 Å². The topological polar surface area (TPSA) is 78.9 Å². The van der Waals surface area contributed by atoms with E-state index in [4.69, 9.17) is 10.9 Å². The maximum atomic E-state index is 12.9. The maximum Gasteiger partial charge on any atom is 0.236 e. The first kappa shape index (κ1) is 15.4. The number of benzene rings is 1. The summed E-state index contributed by atoms with van der Waals surface area (Å²) in [4.78, 5) is 14.7. The molecule has 114 valence electrons. The van der Waals surface area contributed by atoms with Crippen molar-refractivity contribution in [3.05, 3.63) is 35.9 Å². The Morgan fingerprint density at radius 2 is 2.05 bits per heavy atom. The van der Waals surface area contributed by atoms with Gasteiger partial charge in [0, 0.05) is 13.1 Å². The van der Waals surface area contributed by atoms with Crippen LogP contribution in [-0.2, 0) is 11.3 Å². The van der Waals surface area contributed by atoms with Gasteiger partial charge in [-0.15, -0.1) is 0 Å². The number of carbonyl (C=O) groups excluding carboxylic acids is 1. The third kappa shape index (κ3) is 2.86. The van der Waals surface area contributed by atoms with Crippen LogP contribution in [0.1, 0.15) is 32.3 Å². The molecule has 21 heavy (non-hydrogen) atoms. The quantitative estimate of drug-likeness (QED) is 0.377. The van der Waals surface area contributed by atoms with Crippen molar-refractivity contribution in [3.63, 3.8) is 0 Å². The molecule has 5 heteroatoms. The molecule has 0 spiro atoms. The van der Waals surface area contributed by atoms with E-state index in [1.165, 1.54) is 0 Å². The van der Waals surface area contributed by atoms with Crippen molar-refractivity contribution in [2.24, 2.45) is 22.2 Å². The molecule has 0 radical (unpaired) electrons. The molecule has 0 saturated heterocycles. The van der Waals surface area contributed by atoms with E-state index in [1.54, 1.807) is 4.90 Å². The molecular weight excluding hydrogens is 266 g/mol. The van der Waals surface area contributed by atoms with E-state index in [0.717, 1.165) is 5.56 Å². The van der Waals surface area contributed by atoms with Crippen molar-refractivity contribution < 1.29 is 10.0 Å². The van der Waals surface area contributed by atoms with Gasteiger partial charge in [0.25, 0.3) is 0 Å². The largest absolute Gasteiger partial charge is 0.409 e. The van der Waals surface area contributed by atoms with Crippen LogP contribution in [0.15, 0.2) is 35.5 Å². The molecule has 1 aliphatic rings. The van der Waals surface area contributed by atoms with Gasteiger partial charge in [0.1, 0.15) is 5.41 Å². The normalized spacial score (nSPS) is 25.2. The molecule has 0 unspecified atom stereocenters. The van der Waals surface area contributed by atoms with E-state index < -0.39 is 5.41 Å². The lowest BCUT2D eigenvalue weighted by Crippen LogP contribution is -2.57. The molecule has 0 aromatic heterocycles. The summed E-state index contributed by atoms with van der Waals surface area (Å²) in [5.41, 5.74) is 6.07. The van der Waals surface area contributed by atoms with Gasteiger partial charge in [0.2, 0.25) is 5.91 Å². The lowest BCUT2D eigenvalue weighted by molar-refractivity contribution is -0.144. The summed E-state index contributed by atoms with van der Waals surface area (Å²) in [6.45, 7) is 5.17. The summed E-state index contributed by atoms with van der Waals surface area (Å²) in [7, 11) is 0. The molecule has 1 saturated carbocycles. The van der Waals surface area contributed by atoms with Crippen molar-refractivity contribution in [2.75, 3.05) is 6.54 Å². The van der Waals surface area contributed by atoms with Gasteiger partial charge in [0.05, 0.1) is 0 Å². The molecule has 3 N–H and O–H groups in total. The fourth-order valence-electron chi connectivity index (χ4n) is 3.15. The lowest BCUT2D eigenvalue weighted by Gasteiger charge is -2.46. The first-order valence-corrected chi connectivity index (χ1v) is 7.34. The first-order chi connectivity index (χ1) is 10.0. The molecular formula is C16H23N3O2. The smallest absolute Gasteiger partial charge is 0.236 e. The summed E-state index contributed by atoms with van der Waals surface area (Å²) >= 11 is 0. The molecule has 0 aliphatic heterocycles. The van der Waals surface area contributed by atoms with Gasteiger partial charge in [-0.1, -0.05) is 42.4 Å². The molecule has 1 fully saturated rings. The molecule has 0 bridgehead atoms. The first-order valence-electron chi connectivity index (χ1n) is 7.34. The number of carbonyl (C=O) groups is 1. The second-order valence-electron chi connectivity index (χ2n) is 5.89. The lowest BCUT2D eigenvalue weighted by atomic mass is 9.61. The highest BCUT2D eigenvalue weighted by atomic mass is 16.4. The number of oxime groups is 1. The summed E-state index contributed by atoms with van der Waals surface area (Å²) in [6.07, 6.45) is 1.29. The van der Waals surface area contributed by atoms with Crippen LogP contribution in [0.25, 0.3) is 0 Å². The van der Waals surface area contributed by atoms with Crippen LogP contribution in [0.4, 0.5) is 0 Å². The minimum Gasteiger partial charge on any atom is -0.409 e. The number of amidine groups is 1. The highest BCUT2D eigenvalue weighted by Gasteiger charge is 2.53. The Morgan fingerprint density at radius 3 is 2.52 bits per heavy atom. The van der Waals surface area contributed by atoms with Gasteiger partial charge in [-0.05, 0) is 31.2 Å². The Morgan fingerprint density at radius 1 is 1.43 bits per heavy atom. The molecule has 0 atom stereocenters. The van der Waals surface area contributed by atoms with Crippen molar-refractivity contribution in [2.45, 2.75) is 33.2 Å². The Hall–Kier alpha value is -2.04. The monoisotopic (exact) mass is 289 g/mol. The molecule has 1 aromatic carbocycles. The van der Waals surface area contributed by atoms with Crippen molar-refractivity contribution in [1.29, 1.82) is 0 Å². The van der Waals surface area contributed by atoms with E-state index >= 15 is 0 Å². The predicted octanol–water partition coefficient (Wildman–Crippen LogP) is 2.20. The van der Waals surface area contributed by atoms with Crippen LogP contribution >= 0.6 is 0 Å². The number of rotatable bonds is 5. The number of amides is 1. The third-order valence-electron chi connectivity index (χ3n) is 4.29. The Kier molecular flexibility index (Phi) is 4.50. The van der Waals surface area contributed by atoms with Crippen LogP contribution in [0.5, 0.6) is 0 Å². The van der Waals surface area contributed by atoms with Crippen molar-refractivity contribution >= 4 is 11.7 Å². The zero-order valence-corrected chi connectivity index (χ0v) is 12.6. The van der Waals surface area contributed by atoms with Crippen LogP contribution in [0.2, 0.25) is 0 Å². The van der Waals surface area contributed by atoms with Gasteiger partial charge in [-0.3, -0.25) is 4.79 Å². The molecule has 5 nitrogen and oxygen atoms in total. The molecule has 0 heterocycles. The van der Waals surface area contributed by atoms with Crippen molar-refractivity contribution in [3.8, 4) is 0 Å². The molecule has 1 aromatic rings. The number of nitrogens with zero attached hydrogens (tertiary/aromatic N) is 2. The third-order valence-corrected chi connectivity index (χ3v) is 4.29. The number of hydrogen-bond acceptors (Lipinski definition) is 3. The Balaban J connectivity index is 2.19. The highest BCUT2D eigenvalue weighted by molar-refractivity contribution is 6.07. The van der Waals surface area contributed by atoms with Crippen LogP contribution in [0, 0.1) is 11.3 Å². The van der Waals surface area contributed by atoms with E-state index in [1.807, 2.05) is 37.3 Å². The van der Waals surface area contributed by atoms with Gasteiger partial charge < -0.3 is 15.8 Å². The second kappa shape index (κ2) is 6.16. The van der Waals surface area contributed by atoms with E-state index in [0.29, 0.717) is 31.8 Å². The molecule has 1 aliphatic carbocycles. The van der Waals surface area contributed by atoms with Crippen LogP contribution < -0.4 is 5.73 Å². The zero-order valence-electron chi connectivity index (χ0n) is 12.6. The maximum absolute atomic E-state index is 12.9. The standard InChI is InChI=1S/C16H23N3O2/c1-3-19(11-13-7-5-4-6-8-13)15(20)16(14(17)18-21)9-12(2)10-16/h4-8,12,21H,3,9-11H2,1-2H3,(H2,17,18). The summed E-state index contributed by atoms with van der Waals surface area (Å²) < 4.78 is 0. The van der Waals surface area contributed by atoms with E-state index in [9.17, 15) is 4.79 Å².